The van der Waals surface area contributed by atoms with Crippen LogP contribution < -0.4 is 0 Å². The van der Waals surface area contributed by atoms with Crippen molar-refractivity contribution in [2.24, 2.45) is 17.3 Å². The molecule has 2 atom stereocenters. The van der Waals surface area contributed by atoms with Gasteiger partial charge >= 0.3 is 11.9 Å². The summed E-state index contributed by atoms with van der Waals surface area (Å²) < 4.78 is 5.70. The Morgan fingerprint density at radius 1 is 1.05 bits per heavy atom. The van der Waals surface area contributed by atoms with Crippen LogP contribution in [0.2, 0.25) is 0 Å². The molecule has 0 N–H and O–H groups in total. The lowest BCUT2D eigenvalue weighted by Gasteiger charge is -2.30. The molecule has 1 saturated heterocycles. The summed E-state index contributed by atoms with van der Waals surface area (Å²) in [6, 6.07) is 0. The first kappa shape index (κ1) is 19.4. The fourth-order valence-corrected chi connectivity index (χ4v) is 2.90. The van der Waals surface area contributed by atoms with Gasteiger partial charge in [-0.25, -0.2) is 0 Å². The molecule has 0 radical (unpaired) electrons. The predicted octanol–water partition coefficient (Wildman–Crippen LogP) is 5.21. The summed E-state index contributed by atoms with van der Waals surface area (Å²) >= 11 is 0. The van der Waals surface area contributed by atoms with Crippen LogP contribution in [0, 0.1) is 17.3 Å². The lowest BCUT2D eigenvalue weighted by atomic mass is 9.78. The fraction of sp³-hybridized carbons (Fsp3) is 0.944. The third-order valence-corrected chi connectivity index (χ3v) is 4.57. The minimum absolute atomic E-state index is 0.114. The summed E-state index contributed by atoms with van der Waals surface area (Å²) in [6.45, 7) is 12.6. The topological polar surface area (TPSA) is 51.4 Å². The predicted molar refractivity (Wildman–Crippen MR) is 86.8 cm³/mol. The second-order valence-corrected chi connectivity index (χ2v) is 7.50. The molecule has 1 fully saturated rings. The van der Waals surface area contributed by atoms with Crippen molar-refractivity contribution in [3.63, 3.8) is 0 Å². The lowest BCUT2D eigenvalue weighted by Crippen LogP contribution is -2.37. The van der Waals surface area contributed by atoms with Crippen molar-refractivity contribution >= 4 is 5.97 Å². The molecular weight excluding hydrogens is 280 g/mol. The molecule has 1 aliphatic rings. The Balaban J connectivity index is 2.71. The average molecular weight is 314 g/mol. The van der Waals surface area contributed by atoms with Gasteiger partial charge in [0.25, 0.3) is 0 Å². The van der Waals surface area contributed by atoms with Crippen LogP contribution in [-0.2, 0) is 19.3 Å². The molecule has 4 nitrogen and oxygen atoms in total. The highest BCUT2D eigenvalue weighted by Gasteiger charge is 2.60. The van der Waals surface area contributed by atoms with Crippen LogP contribution in [0.3, 0.4) is 0 Å². The zero-order valence-electron chi connectivity index (χ0n) is 15.2. The number of ether oxygens (including phenoxy) is 1. The van der Waals surface area contributed by atoms with E-state index in [0.717, 1.165) is 44.9 Å². The highest BCUT2D eigenvalue weighted by Crippen LogP contribution is 2.44. The van der Waals surface area contributed by atoms with Crippen molar-refractivity contribution in [2.75, 3.05) is 0 Å². The van der Waals surface area contributed by atoms with E-state index in [9.17, 15) is 4.79 Å². The molecule has 0 aromatic rings. The maximum atomic E-state index is 12.7. The highest BCUT2D eigenvalue weighted by atomic mass is 17.5. The molecule has 1 heterocycles. The summed E-state index contributed by atoms with van der Waals surface area (Å²) in [7, 11) is 0. The smallest absolute Gasteiger partial charge is 0.386 e. The number of hydrogen-bond donors (Lipinski definition) is 0. The van der Waals surface area contributed by atoms with E-state index < -0.39 is 5.97 Å². The first-order chi connectivity index (χ1) is 10.3. The molecule has 1 rings (SSSR count). The van der Waals surface area contributed by atoms with Gasteiger partial charge < -0.3 is 4.74 Å². The zero-order chi connectivity index (χ0) is 16.8. The second-order valence-electron chi connectivity index (χ2n) is 7.50. The molecule has 22 heavy (non-hydrogen) atoms. The number of carbonyl (C=O) groups is 1. The van der Waals surface area contributed by atoms with Crippen LogP contribution in [0.5, 0.6) is 0 Å². The SMILES string of the molecule is CCCCC(C(=O)OC1(C(CC)CCCC)OO1)C(C)(C)C. The average Bonchev–Trinajstić information content (AvgIpc) is 3.19. The number of unbranched alkanes of at least 4 members (excludes halogenated alkanes) is 2. The molecule has 0 aromatic heterocycles. The normalized spacial score (nSPS) is 19.5. The van der Waals surface area contributed by atoms with Gasteiger partial charge in [-0.15, -0.1) is 0 Å². The maximum absolute atomic E-state index is 12.7. The van der Waals surface area contributed by atoms with Crippen LogP contribution in [0.15, 0.2) is 0 Å². The number of carbonyl (C=O) groups excluding carboxylic acids is 1. The third-order valence-electron chi connectivity index (χ3n) is 4.57. The van der Waals surface area contributed by atoms with Gasteiger partial charge in [0.2, 0.25) is 0 Å². The summed E-state index contributed by atoms with van der Waals surface area (Å²) in [5, 5.41) is 0. The van der Waals surface area contributed by atoms with E-state index >= 15 is 0 Å². The molecule has 0 aromatic carbocycles. The van der Waals surface area contributed by atoms with Gasteiger partial charge in [0.05, 0.1) is 11.8 Å². The van der Waals surface area contributed by atoms with Crippen molar-refractivity contribution in [3.05, 3.63) is 0 Å². The van der Waals surface area contributed by atoms with Gasteiger partial charge in [0, 0.05) is 0 Å². The van der Waals surface area contributed by atoms with Gasteiger partial charge in [0.15, 0.2) is 0 Å². The Morgan fingerprint density at radius 3 is 2.00 bits per heavy atom. The first-order valence-corrected chi connectivity index (χ1v) is 8.90. The Bertz CT molecular complexity index is 341. The summed E-state index contributed by atoms with van der Waals surface area (Å²) in [5.74, 6) is -1.31. The molecular formula is C18H34O4. The molecule has 0 bridgehead atoms. The van der Waals surface area contributed by atoms with E-state index in [0.29, 0.717) is 0 Å². The Kier molecular flexibility index (Phi) is 7.33. The lowest BCUT2D eigenvalue weighted by molar-refractivity contribution is -0.179. The van der Waals surface area contributed by atoms with E-state index in [4.69, 9.17) is 14.5 Å². The van der Waals surface area contributed by atoms with Gasteiger partial charge in [0.1, 0.15) is 0 Å². The third kappa shape index (κ3) is 5.24. The van der Waals surface area contributed by atoms with Crippen LogP contribution in [-0.4, -0.2) is 11.9 Å². The van der Waals surface area contributed by atoms with Gasteiger partial charge in [-0.3, -0.25) is 4.79 Å². The molecule has 130 valence electrons. The Labute approximate surface area is 135 Å². The fourth-order valence-electron chi connectivity index (χ4n) is 2.90. The van der Waals surface area contributed by atoms with Crippen molar-refractivity contribution in [3.8, 4) is 0 Å². The Morgan fingerprint density at radius 2 is 1.59 bits per heavy atom. The number of rotatable bonds is 10. The van der Waals surface area contributed by atoms with Gasteiger partial charge in [-0.05, 0) is 24.7 Å². The van der Waals surface area contributed by atoms with Crippen molar-refractivity contribution < 1.29 is 19.3 Å². The van der Waals surface area contributed by atoms with Crippen molar-refractivity contribution in [1.82, 2.24) is 0 Å². The zero-order valence-corrected chi connectivity index (χ0v) is 15.2. The van der Waals surface area contributed by atoms with E-state index in [-0.39, 0.29) is 23.2 Å². The van der Waals surface area contributed by atoms with Crippen LogP contribution >= 0.6 is 0 Å². The molecule has 0 amide bonds. The standard InChI is InChI=1S/C18H34O4/c1-7-10-12-14(9-3)18(21-22-18)20-16(19)15(13-11-8-2)17(4,5)6/h14-15H,7-13H2,1-6H3. The minimum Gasteiger partial charge on any atom is -0.404 e. The second kappa shape index (κ2) is 8.30. The van der Waals surface area contributed by atoms with Gasteiger partial charge in [-0.2, -0.15) is 9.78 Å². The van der Waals surface area contributed by atoms with Crippen LogP contribution in [0.1, 0.15) is 86.5 Å². The summed E-state index contributed by atoms with van der Waals surface area (Å²) in [5.41, 5.74) is -0.118. The molecule has 2 unspecified atom stereocenters. The quantitative estimate of drug-likeness (QED) is 0.315. The van der Waals surface area contributed by atoms with E-state index in [1.54, 1.807) is 0 Å². The number of hydrogen-bond acceptors (Lipinski definition) is 4. The van der Waals surface area contributed by atoms with E-state index in [1.165, 1.54) is 0 Å². The molecule has 0 saturated carbocycles. The summed E-state index contributed by atoms with van der Waals surface area (Å²) in [6.07, 6.45) is 6.98. The molecule has 4 heteroatoms. The first-order valence-electron chi connectivity index (χ1n) is 8.90. The molecule has 1 aliphatic heterocycles. The number of esters is 1. The maximum Gasteiger partial charge on any atom is 0.386 e. The van der Waals surface area contributed by atoms with Crippen LogP contribution in [0.25, 0.3) is 0 Å². The van der Waals surface area contributed by atoms with Crippen molar-refractivity contribution in [1.29, 1.82) is 0 Å². The highest BCUT2D eigenvalue weighted by molar-refractivity contribution is 5.73. The molecule has 0 aliphatic carbocycles. The largest absolute Gasteiger partial charge is 0.404 e. The van der Waals surface area contributed by atoms with Gasteiger partial charge in [-0.1, -0.05) is 67.2 Å². The van der Waals surface area contributed by atoms with Crippen LogP contribution in [0.4, 0.5) is 0 Å². The van der Waals surface area contributed by atoms with E-state index in [2.05, 4.69) is 41.5 Å². The Hall–Kier alpha value is -0.610. The monoisotopic (exact) mass is 314 g/mol. The molecule has 0 spiro atoms. The van der Waals surface area contributed by atoms with Crippen molar-refractivity contribution in [2.45, 2.75) is 92.5 Å². The summed E-state index contributed by atoms with van der Waals surface area (Å²) in [4.78, 5) is 22.9. The van der Waals surface area contributed by atoms with E-state index in [1.807, 2.05) is 0 Å². The minimum atomic E-state index is -1.11.